The topological polar surface area (TPSA) is 91.0 Å². The minimum absolute atomic E-state index is 0.0331. The van der Waals surface area contributed by atoms with Gasteiger partial charge in [0.2, 0.25) is 0 Å². The van der Waals surface area contributed by atoms with Crippen LogP contribution in [0.1, 0.15) is 12.5 Å². The molecule has 0 saturated carbocycles. The molecule has 0 radical (unpaired) electrons. The largest absolute Gasteiger partial charge is 0.461 e. The standard InChI is InChI=1S/C11H12N2O5/c1-3-18-11(14)10(12-17-2)8-4-6-9(7-5-8)13(15)16/h4-7H,3H2,1-2H3. The van der Waals surface area contributed by atoms with Crippen LogP contribution in [0.2, 0.25) is 0 Å². The van der Waals surface area contributed by atoms with Gasteiger partial charge in [0.25, 0.3) is 5.69 Å². The van der Waals surface area contributed by atoms with Crippen LogP contribution in [0.3, 0.4) is 0 Å². The zero-order chi connectivity index (χ0) is 13.5. The molecule has 0 spiro atoms. The number of nitro groups is 1. The molecular weight excluding hydrogens is 240 g/mol. The molecule has 0 fully saturated rings. The van der Waals surface area contributed by atoms with Crippen LogP contribution in [0, 0.1) is 10.1 Å². The molecule has 1 rings (SSSR count). The van der Waals surface area contributed by atoms with Crippen LogP contribution in [0.25, 0.3) is 0 Å². The maximum Gasteiger partial charge on any atom is 0.361 e. The molecule has 0 aliphatic carbocycles. The van der Waals surface area contributed by atoms with Gasteiger partial charge in [0.15, 0.2) is 5.71 Å². The minimum atomic E-state index is -0.645. The van der Waals surface area contributed by atoms with Crippen molar-refractivity contribution in [1.29, 1.82) is 0 Å². The first-order valence-electron chi connectivity index (χ1n) is 5.13. The molecule has 0 aliphatic rings. The van der Waals surface area contributed by atoms with Crippen LogP contribution in [-0.4, -0.2) is 30.3 Å². The van der Waals surface area contributed by atoms with E-state index < -0.39 is 10.9 Å². The molecule has 0 amide bonds. The number of nitro benzene ring substituents is 1. The van der Waals surface area contributed by atoms with Crippen LogP contribution in [0.5, 0.6) is 0 Å². The Hall–Kier alpha value is -2.44. The molecule has 0 atom stereocenters. The number of nitrogens with zero attached hydrogens (tertiary/aromatic N) is 2. The number of esters is 1. The van der Waals surface area contributed by atoms with Gasteiger partial charge in [-0.1, -0.05) is 5.16 Å². The Balaban J connectivity index is 3.04. The van der Waals surface area contributed by atoms with Gasteiger partial charge in [-0.05, 0) is 19.1 Å². The fourth-order valence-corrected chi connectivity index (χ4v) is 1.24. The molecule has 0 saturated heterocycles. The summed E-state index contributed by atoms with van der Waals surface area (Å²) in [6, 6.07) is 5.37. The normalized spacial score (nSPS) is 10.9. The van der Waals surface area contributed by atoms with E-state index in [0.717, 1.165) is 0 Å². The molecular formula is C11H12N2O5. The summed E-state index contributed by atoms with van der Waals surface area (Å²) in [6.07, 6.45) is 0. The summed E-state index contributed by atoms with van der Waals surface area (Å²) in [5, 5.41) is 14.1. The lowest BCUT2D eigenvalue weighted by molar-refractivity contribution is -0.384. The van der Waals surface area contributed by atoms with Gasteiger partial charge in [0.05, 0.1) is 11.5 Å². The number of oxime groups is 1. The number of carbonyl (C=O) groups excluding carboxylic acids is 1. The van der Waals surface area contributed by atoms with Crippen LogP contribution in [-0.2, 0) is 14.4 Å². The Morgan fingerprint density at radius 2 is 2.00 bits per heavy atom. The van der Waals surface area contributed by atoms with Gasteiger partial charge in [-0.3, -0.25) is 10.1 Å². The summed E-state index contributed by atoms with van der Waals surface area (Å²) in [4.78, 5) is 26.1. The molecule has 0 bridgehead atoms. The number of rotatable bonds is 5. The van der Waals surface area contributed by atoms with Crippen molar-refractivity contribution >= 4 is 17.4 Å². The van der Waals surface area contributed by atoms with Crippen molar-refractivity contribution in [1.82, 2.24) is 0 Å². The van der Waals surface area contributed by atoms with Gasteiger partial charge in [-0.15, -0.1) is 0 Å². The zero-order valence-corrected chi connectivity index (χ0v) is 9.95. The lowest BCUT2D eigenvalue weighted by Gasteiger charge is -2.04. The van der Waals surface area contributed by atoms with Crippen LogP contribution in [0.4, 0.5) is 5.69 Å². The zero-order valence-electron chi connectivity index (χ0n) is 9.95. The van der Waals surface area contributed by atoms with Gasteiger partial charge >= 0.3 is 5.97 Å². The van der Waals surface area contributed by atoms with Crippen molar-refractivity contribution < 1.29 is 19.3 Å². The molecule has 7 heteroatoms. The Bertz CT molecular complexity index is 467. The molecule has 0 N–H and O–H groups in total. The molecule has 0 heterocycles. The second-order valence-electron chi connectivity index (χ2n) is 3.15. The van der Waals surface area contributed by atoms with Gasteiger partial charge < -0.3 is 9.57 Å². The van der Waals surface area contributed by atoms with E-state index in [1.807, 2.05) is 0 Å². The lowest BCUT2D eigenvalue weighted by Crippen LogP contribution is -2.19. The maximum absolute atomic E-state index is 11.6. The molecule has 0 aromatic heterocycles. The van der Waals surface area contributed by atoms with E-state index in [-0.39, 0.29) is 18.0 Å². The van der Waals surface area contributed by atoms with E-state index in [2.05, 4.69) is 9.99 Å². The fourth-order valence-electron chi connectivity index (χ4n) is 1.24. The van der Waals surface area contributed by atoms with E-state index >= 15 is 0 Å². The van der Waals surface area contributed by atoms with Gasteiger partial charge in [0, 0.05) is 17.7 Å². The molecule has 0 unspecified atom stereocenters. The van der Waals surface area contributed by atoms with Gasteiger partial charge in [0.1, 0.15) is 7.11 Å². The summed E-state index contributed by atoms with van der Waals surface area (Å²) in [5.41, 5.74) is 0.287. The fraction of sp³-hybridized carbons (Fsp3) is 0.273. The van der Waals surface area contributed by atoms with E-state index in [0.29, 0.717) is 5.56 Å². The number of carbonyl (C=O) groups is 1. The smallest absolute Gasteiger partial charge is 0.361 e. The van der Waals surface area contributed by atoms with Crippen molar-refractivity contribution in [2.45, 2.75) is 6.92 Å². The van der Waals surface area contributed by atoms with Crippen molar-refractivity contribution in [3.8, 4) is 0 Å². The number of non-ortho nitro benzene ring substituents is 1. The van der Waals surface area contributed by atoms with Crippen LogP contribution >= 0.6 is 0 Å². The van der Waals surface area contributed by atoms with Gasteiger partial charge in [-0.25, -0.2) is 4.79 Å². The summed E-state index contributed by atoms with van der Waals surface area (Å²) in [7, 11) is 1.30. The summed E-state index contributed by atoms with van der Waals surface area (Å²) in [6.45, 7) is 1.87. The van der Waals surface area contributed by atoms with Crippen molar-refractivity contribution in [3.05, 3.63) is 39.9 Å². The highest BCUT2D eigenvalue weighted by Gasteiger charge is 2.17. The Morgan fingerprint density at radius 3 is 2.44 bits per heavy atom. The number of hydrogen-bond donors (Lipinski definition) is 0. The SMILES string of the molecule is CCOC(=O)C(=NOC)c1ccc([N+](=O)[O-])cc1. The highest BCUT2D eigenvalue weighted by atomic mass is 16.6. The van der Waals surface area contributed by atoms with E-state index in [1.54, 1.807) is 6.92 Å². The van der Waals surface area contributed by atoms with Crippen LogP contribution in [0.15, 0.2) is 29.4 Å². The van der Waals surface area contributed by atoms with Crippen molar-refractivity contribution in [3.63, 3.8) is 0 Å². The highest BCUT2D eigenvalue weighted by Crippen LogP contribution is 2.13. The maximum atomic E-state index is 11.6. The second-order valence-corrected chi connectivity index (χ2v) is 3.15. The number of benzene rings is 1. The summed E-state index contributed by atoms with van der Waals surface area (Å²) in [5.74, 6) is -0.645. The average molecular weight is 252 g/mol. The Kier molecular flexibility index (Phi) is 4.79. The number of hydrogen-bond acceptors (Lipinski definition) is 6. The Labute approximate surface area is 103 Å². The predicted octanol–water partition coefficient (Wildman–Crippen LogP) is 1.51. The monoisotopic (exact) mass is 252 g/mol. The quantitative estimate of drug-likeness (QED) is 0.343. The molecule has 96 valence electrons. The Morgan fingerprint density at radius 1 is 1.39 bits per heavy atom. The van der Waals surface area contributed by atoms with E-state index in [1.165, 1.54) is 31.4 Å². The third-order valence-corrected chi connectivity index (χ3v) is 2.00. The van der Waals surface area contributed by atoms with E-state index in [9.17, 15) is 14.9 Å². The third kappa shape index (κ3) is 3.27. The summed E-state index contributed by atoms with van der Waals surface area (Å²) < 4.78 is 4.81. The molecule has 0 aliphatic heterocycles. The predicted molar refractivity (Wildman–Crippen MR) is 63.3 cm³/mol. The highest BCUT2D eigenvalue weighted by molar-refractivity contribution is 6.43. The average Bonchev–Trinajstić information content (AvgIpc) is 2.36. The minimum Gasteiger partial charge on any atom is -0.461 e. The first-order chi connectivity index (χ1) is 8.60. The van der Waals surface area contributed by atoms with Crippen molar-refractivity contribution in [2.75, 3.05) is 13.7 Å². The lowest BCUT2D eigenvalue weighted by atomic mass is 10.1. The molecule has 7 nitrogen and oxygen atoms in total. The van der Waals surface area contributed by atoms with Gasteiger partial charge in [-0.2, -0.15) is 0 Å². The third-order valence-electron chi connectivity index (χ3n) is 2.00. The van der Waals surface area contributed by atoms with Crippen molar-refractivity contribution in [2.24, 2.45) is 5.16 Å². The number of ether oxygens (including phenoxy) is 1. The second kappa shape index (κ2) is 6.33. The first-order valence-corrected chi connectivity index (χ1v) is 5.13. The van der Waals surface area contributed by atoms with Crippen LogP contribution < -0.4 is 0 Å². The van der Waals surface area contributed by atoms with E-state index in [4.69, 9.17) is 4.74 Å². The molecule has 1 aromatic rings. The molecule has 18 heavy (non-hydrogen) atoms. The first kappa shape index (κ1) is 13.6. The summed E-state index contributed by atoms with van der Waals surface area (Å²) >= 11 is 0. The molecule has 1 aromatic carbocycles.